The summed E-state index contributed by atoms with van der Waals surface area (Å²) in [5.74, 6) is 0.280. The fourth-order valence-corrected chi connectivity index (χ4v) is 1.48. The van der Waals surface area contributed by atoms with Crippen LogP contribution >= 0.6 is 11.6 Å². The molecule has 0 radical (unpaired) electrons. The van der Waals surface area contributed by atoms with Crippen molar-refractivity contribution in [2.24, 2.45) is 10.7 Å². The van der Waals surface area contributed by atoms with Gasteiger partial charge in [0.25, 0.3) is 0 Å². The third-order valence-corrected chi connectivity index (χ3v) is 2.25. The first-order valence-electron chi connectivity index (χ1n) is 5.30. The van der Waals surface area contributed by atoms with E-state index in [0.717, 1.165) is 0 Å². The molecule has 1 rings (SSSR count). The maximum atomic E-state index is 12.2. The van der Waals surface area contributed by atoms with Crippen LogP contribution in [0.3, 0.4) is 0 Å². The van der Waals surface area contributed by atoms with Crippen molar-refractivity contribution in [1.82, 2.24) is 5.32 Å². The van der Waals surface area contributed by atoms with Gasteiger partial charge in [-0.05, 0) is 25.1 Å². The van der Waals surface area contributed by atoms with E-state index in [9.17, 15) is 8.78 Å². The zero-order valence-corrected chi connectivity index (χ0v) is 10.5. The van der Waals surface area contributed by atoms with Gasteiger partial charge in [-0.25, -0.2) is 4.99 Å². The van der Waals surface area contributed by atoms with Gasteiger partial charge in [-0.2, -0.15) is 8.78 Å². The lowest BCUT2D eigenvalue weighted by Gasteiger charge is -2.10. The van der Waals surface area contributed by atoms with E-state index in [1.807, 2.05) is 6.92 Å². The number of aliphatic imine (C=N–C) groups is 1. The van der Waals surface area contributed by atoms with Gasteiger partial charge in [0.2, 0.25) is 0 Å². The molecule has 0 heterocycles. The predicted molar refractivity (Wildman–Crippen MR) is 67.1 cm³/mol. The normalized spacial score (nSPS) is 11.7. The molecule has 0 aromatic heterocycles. The Bertz CT molecular complexity index is 427. The summed E-state index contributed by atoms with van der Waals surface area (Å²) >= 11 is 5.79. The summed E-state index contributed by atoms with van der Waals surface area (Å²) in [6.45, 7) is -0.278. The lowest BCUT2D eigenvalue weighted by Crippen LogP contribution is -2.31. The van der Waals surface area contributed by atoms with Crippen molar-refractivity contribution in [1.29, 1.82) is 0 Å². The molecule has 0 aliphatic heterocycles. The maximum Gasteiger partial charge on any atom is 0.387 e. The molecule has 0 bridgehead atoms. The number of rotatable bonds is 5. The zero-order chi connectivity index (χ0) is 13.5. The van der Waals surface area contributed by atoms with Crippen molar-refractivity contribution in [3.05, 3.63) is 28.8 Å². The van der Waals surface area contributed by atoms with Gasteiger partial charge in [-0.3, -0.25) is 0 Å². The fourth-order valence-electron chi connectivity index (χ4n) is 1.29. The van der Waals surface area contributed by atoms with Crippen molar-refractivity contribution >= 4 is 17.6 Å². The van der Waals surface area contributed by atoms with Crippen molar-refractivity contribution in [2.75, 3.05) is 6.54 Å². The molecule has 3 N–H and O–H groups in total. The lowest BCUT2D eigenvalue weighted by atomic mass is 10.2. The van der Waals surface area contributed by atoms with Gasteiger partial charge in [-0.1, -0.05) is 11.6 Å². The van der Waals surface area contributed by atoms with Gasteiger partial charge < -0.3 is 15.8 Å². The average Bonchev–Trinajstić information content (AvgIpc) is 2.29. The van der Waals surface area contributed by atoms with E-state index in [1.54, 1.807) is 0 Å². The minimum absolute atomic E-state index is 0.0439. The molecular formula is C11H14ClF2N3O. The van der Waals surface area contributed by atoms with Gasteiger partial charge in [0.15, 0.2) is 5.96 Å². The second-order valence-corrected chi connectivity index (χ2v) is 3.80. The fraction of sp³-hybridized carbons (Fsp3) is 0.364. The highest BCUT2D eigenvalue weighted by Crippen LogP contribution is 2.25. The van der Waals surface area contributed by atoms with E-state index in [2.05, 4.69) is 15.0 Å². The highest BCUT2D eigenvalue weighted by atomic mass is 35.5. The van der Waals surface area contributed by atoms with Gasteiger partial charge in [0.05, 0.1) is 6.54 Å². The van der Waals surface area contributed by atoms with E-state index >= 15 is 0 Å². The molecule has 0 fully saturated rings. The van der Waals surface area contributed by atoms with Gasteiger partial charge in [-0.15, -0.1) is 0 Å². The Morgan fingerprint density at radius 2 is 2.28 bits per heavy atom. The van der Waals surface area contributed by atoms with Gasteiger partial charge in [0, 0.05) is 17.1 Å². The SMILES string of the molecule is CCNC(N)=NCc1cc(Cl)ccc1OC(F)F. The van der Waals surface area contributed by atoms with Crippen LogP contribution in [0.4, 0.5) is 8.78 Å². The van der Waals surface area contributed by atoms with E-state index < -0.39 is 6.61 Å². The standard InChI is InChI=1S/C11H14ClF2N3O/c1-2-16-11(15)17-6-7-5-8(12)3-4-9(7)18-10(13)14/h3-5,10H,2,6H2,1H3,(H3,15,16,17). The molecule has 18 heavy (non-hydrogen) atoms. The topological polar surface area (TPSA) is 59.6 Å². The molecule has 0 amide bonds. The quantitative estimate of drug-likeness (QED) is 0.642. The molecule has 0 spiro atoms. The van der Waals surface area contributed by atoms with Crippen molar-refractivity contribution < 1.29 is 13.5 Å². The van der Waals surface area contributed by atoms with Crippen LogP contribution in [0.25, 0.3) is 0 Å². The van der Waals surface area contributed by atoms with Crippen LogP contribution < -0.4 is 15.8 Å². The second-order valence-electron chi connectivity index (χ2n) is 3.36. The largest absolute Gasteiger partial charge is 0.434 e. The summed E-state index contributed by atoms with van der Waals surface area (Å²) in [4.78, 5) is 3.99. The number of ether oxygens (including phenoxy) is 1. The molecule has 4 nitrogen and oxygen atoms in total. The van der Waals surface area contributed by atoms with Crippen LogP contribution in [0.5, 0.6) is 5.75 Å². The smallest absolute Gasteiger partial charge is 0.387 e. The number of nitrogens with one attached hydrogen (secondary N) is 1. The molecular weight excluding hydrogens is 264 g/mol. The number of benzene rings is 1. The molecule has 0 aliphatic carbocycles. The van der Waals surface area contributed by atoms with E-state index in [1.165, 1.54) is 18.2 Å². The molecule has 0 saturated carbocycles. The first kappa shape index (κ1) is 14.5. The summed E-state index contributed by atoms with van der Waals surface area (Å²) in [5, 5.41) is 3.22. The summed E-state index contributed by atoms with van der Waals surface area (Å²) in [6.07, 6.45) is 0. The minimum Gasteiger partial charge on any atom is -0.434 e. The molecule has 0 saturated heterocycles. The van der Waals surface area contributed by atoms with Gasteiger partial charge in [0.1, 0.15) is 5.75 Å². The highest BCUT2D eigenvalue weighted by Gasteiger charge is 2.10. The Morgan fingerprint density at radius 1 is 1.56 bits per heavy atom. The summed E-state index contributed by atoms with van der Waals surface area (Å²) in [6, 6.07) is 4.37. The first-order chi connectivity index (χ1) is 8.52. The molecule has 1 aromatic carbocycles. The van der Waals surface area contributed by atoms with E-state index in [0.29, 0.717) is 17.1 Å². The van der Waals surface area contributed by atoms with Crippen LogP contribution in [0, 0.1) is 0 Å². The Labute approximate surface area is 109 Å². The van der Waals surface area contributed by atoms with Crippen molar-refractivity contribution in [3.63, 3.8) is 0 Å². The predicted octanol–water partition coefficient (Wildman–Crippen LogP) is 2.37. The van der Waals surface area contributed by atoms with Crippen LogP contribution in [0.15, 0.2) is 23.2 Å². The van der Waals surface area contributed by atoms with Crippen LogP contribution in [0.2, 0.25) is 5.02 Å². The van der Waals surface area contributed by atoms with Gasteiger partial charge >= 0.3 is 6.61 Å². The summed E-state index contributed by atoms with van der Waals surface area (Å²) in [5.41, 5.74) is 5.99. The molecule has 100 valence electrons. The Morgan fingerprint density at radius 3 is 2.89 bits per heavy atom. The number of hydrogen-bond donors (Lipinski definition) is 2. The molecule has 1 aromatic rings. The molecule has 0 aliphatic rings. The minimum atomic E-state index is -2.89. The Kier molecular flexibility index (Phi) is 5.64. The highest BCUT2D eigenvalue weighted by molar-refractivity contribution is 6.30. The van der Waals surface area contributed by atoms with E-state index in [4.69, 9.17) is 17.3 Å². The Balaban J connectivity index is 2.85. The van der Waals surface area contributed by atoms with Crippen molar-refractivity contribution in [3.8, 4) is 5.75 Å². The number of hydrogen-bond acceptors (Lipinski definition) is 2. The number of nitrogens with zero attached hydrogens (tertiary/aromatic N) is 1. The second kappa shape index (κ2) is 7.00. The number of nitrogens with two attached hydrogens (primary N) is 1. The summed E-state index contributed by atoms with van der Waals surface area (Å²) in [7, 11) is 0. The Hall–Kier alpha value is -1.56. The van der Waals surface area contributed by atoms with E-state index in [-0.39, 0.29) is 18.3 Å². The van der Waals surface area contributed by atoms with Crippen LogP contribution in [-0.2, 0) is 6.54 Å². The summed E-state index contributed by atoms with van der Waals surface area (Å²) < 4.78 is 28.8. The monoisotopic (exact) mass is 277 g/mol. The molecule has 0 unspecified atom stereocenters. The molecule has 0 atom stereocenters. The number of halogens is 3. The van der Waals surface area contributed by atoms with Crippen LogP contribution in [-0.4, -0.2) is 19.1 Å². The maximum absolute atomic E-state index is 12.2. The van der Waals surface area contributed by atoms with Crippen LogP contribution in [0.1, 0.15) is 12.5 Å². The molecule has 7 heteroatoms. The zero-order valence-electron chi connectivity index (χ0n) is 9.79. The number of guanidine groups is 1. The number of alkyl halides is 2. The third kappa shape index (κ3) is 4.75. The lowest BCUT2D eigenvalue weighted by molar-refractivity contribution is -0.0504. The third-order valence-electron chi connectivity index (χ3n) is 2.02. The average molecular weight is 278 g/mol. The van der Waals surface area contributed by atoms with Crippen molar-refractivity contribution in [2.45, 2.75) is 20.1 Å². The first-order valence-corrected chi connectivity index (χ1v) is 5.67.